The number of likely N-dealkylation sites (N-methyl/N-ethyl adjacent to an activating group) is 1. The van der Waals surface area contributed by atoms with Crippen molar-refractivity contribution in [1.82, 2.24) is 24.8 Å². The highest BCUT2D eigenvalue weighted by molar-refractivity contribution is 6.06. The third-order valence-electron chi connectivity index (χ3n) is 9.28. The van der Waals surface area contributed by atoms with E-state index in [9.17, 15) is 9.59 Å². The molecular formula is C35H44N6O2. The van der Waals surface area contributed by atoms with Gasteiger partial charge in [0.1, 0.15) is 5.82 Å². The summed E-state index contributed by atoms with van der Waals surface area (Å²) in [6.45, 7) is 13.5. The standard InChI is InChI=1S/C35H44N6O2/c1-22(2)21-41-13-12-28-30(25-10-11-32(36-19-25)40-16-14-39(5)15-17-40)18-29(23(3)33(28)41)34(42)37-20-31-27-9-7-6-8-26(27)24(4)38-35(31)43/h10-13,18-19,22H,6-9,14-17,20-21H2,1-5H3,(H,37,42)(H,38,43). The van der Waals surface area contributed by atoms with Crippen molar-refractivity contribution in [1.29, 1.82) is 0 Å². The van der Waals surface area contributed by atoms with Gasteiger partial charge in [-0.25, -0.2) is 4.98 Å². The number of anilines is 1. The Labute approximate surface area is 254 Å². The molecule has 2 N–H and O–H groups in total. The number of aromatic nitrogens is 3. The lowest BCUT2D eigenvalue weighted by molar-refractivity contribution is 0.0950. The summed E-state index contributed by atoms with van der Waals surface area (Å²) >= 11 is 0. The maximum atomic E-state index is 13.9. The van der Waals surface area contributed by atoms with Gasteiger partial charge in [0.25, 0.3) is 11.5 Å². The molecule has 1 aliphatic carbocycles. The molecule has 3 aromatic heterocycles. The zero-order chi connectivity index (χ0) is 30.2. The fraction of sp³-hybridized carbons (Fsp3) is 0.457. The van der Waals surface area contributed by atoms with E-state index in [1.54, 1.807) is 0 Å². The van der Waals surface area contributed by atoms with Crippen LogP contribution in [0.5, 0.6) is 0 Å². The van der Waals surface area contributed by atoms with Gasteiger partial charge >= 0.3 is 0 Å². The quantitative estimate of drug-likeness (QED) is 0.313. The van der Waals surface area contributed by atoms with Crippen molar-refractivity contribution < 1.29 is 4.79 Å². The fourth-order valence-corrected chi connectivity index (χ4v) is 6.91. The molecule has 0 saturated carbocycles. The minimum absolute atomic E-state index is 0.0939. The highest BCUT2D eigenvalue weighted by Crippen LogP contribution is 2.35. The summed E-state index contributed by atoms with van der Waals surface area (Å²) in [6, 6.07) is 8.40. The second-order valence-electron chi connectivity index (χ2n) is 12.8. The third kappa shape index (κ3) is 5.73. The molecule has 1 fully saturated rings. The number of hydrogen-bond acceptors (Lipinski definition) is 5. The first-order valence-corrected chi connectivity index (χ1v) is 15.7. The van der Waals surface area contributed by atoms with Gasteiger partial charge in [0.05, 0.1) is 5.52 Å². The predicted molar refractivity (Wildman–Crippen MR) is 174 cm³/mol. The van der Waals surface area contributed by atoms with E-state index in [-0.39, 0.29) is 18.0 Å². The number of amides is 1. The van der Waals surface area contributed by atoms with Crippen molar-refractivity contribution in [3.8, 4) is 11.1 Å². The normalized spacial score (nSPS) is 15.7. The van der Waals surface area contributed by atoms with Gasteiger partial charge in [0.2, 0.25) is 0 Å². The number of H-pyrrole nitrogens is 1. The molecule has 1 aliphatic heterocycles. The van der Waals surface area contributed by atoms with Crippen LogP contribution in [0.2, 0.25) is 0 Å². The molecule has 43 heavy (non-hydrogen) atoms. The summed E-state index contributed by atoms with van der Waals surface area (Å²) in [4.78, 5) is 39.4. The molecule has 1 amide bonds. The van der Waals surface area contributed by atoms with Crippen LogP contribution in [0.25, 0.3) is 22.0 Å². The number of nitrogens with zero attached hydrogens (tertiary/aromatic N) is 4. The number of carbonyl (C=O) groups excluding carboxylic acids is 1. The van der Waals surface area contributed by atoms with Gasteiger partial charge in [0, 0.05) is 79.4 Å². The molecule has 2 aliphatic rings. The first-order valence-electron chi connectivity index (χ1n) is 15.7. The van der Waals surface area contributed by atoms with Crippen molar-refractivity contribution in [2.75, 3.05) is 38.1 Å². The van der Waals surface area contributed by atoms with Crippen LogP contribution in [-0.4, -0.2) is 58.6 Å². The second kappa shape index (κ2) is 12.0. The van der Waals surface area contributed by atoms with Gasteiger partial charge in [-0.3, -0.25) is 9.59 Å². The van der Waals surface area contributed by atoms with Gasteiger partial charge in [-0.2, -0.15) is 0 Å². The molecule has 226 valence electrons. The van der Waals surface area contributed by atoms with Crippen molar-refractivity contribution >= 4 is 22.6 Å². The average Bonchev–Trinajstić information content (AvgIpc) is 3.41. The Balaban J connectivity index is 1.36. The second-order valence-corrected chi connectivity index (χ2v) is 12.8. The smallest absolute Gasteiger partial charge is 0.253 e. The third-order valence-corrected chi connectivity index (χ3v) is 9.28. The summed E-state index contributed by atoms with van der Waals surface area (Å²) in [5.74, 6) is 1.28. The van der Waals surface area contributed by atoms with Gasteiger partial charge in [-0.1, -0.05) is 13.8 Å². The number of hydrogen-bond donors (Lipinski definition) is 2. The Morgan fingerprint density at radius 1 is 1.05 bits per heavy atom. The summed E-state index contributed by atoms with van der Waals surface area (Å²) < 4.78 is 2.27. The molecule has 0 bridgehead atoms. The molecule has 1 aromatic carbocycles. The van der Waals surface area contributed by atoms with Crippen LogP contribution in [0.15, 0.2) is 41.5 Å². The molecule has 6 rings (SSSR count). The minimum Gasteiger partial charge on any atom is -0.354 e. The zero-order valence-electron chi connectivity index (χ0n) is 26.2. The molecule has 0 spiro atoms. The number of aryl methyl sites for hydroxylation is 2. The van der Waals surface area contributed by atoms with Crippen molar-refractivity contribution in [3.05, 3.63) is 80.5 Å². The summed E-state index contributed by atoms with van der Waals surface area (Å²) in [5.41, 5.74) is 8.56. The first kappa shape index (κ1) is 29.2. The molecule has 0 unspecified atom stereocenters. The Kier molecular flexibility index (Phi) is 8.14. The van der Waals surface area contributed by atoms with Gasteiger partial charge < -0.3 is 24.7 Å². The van der Waals surface area contributed by atoms with Gasteiger partial charge in [-0.05, 0) is 99.0 Å². The number of benzene rings is 1. The molecule has 8 nitrogen and oxygen atoms in total. The monoisotopic (exact) mass is 580 g/mol. The lowest BCUT2D eigenvalue weighted by Gasteiger charge is -2.33. The van der Waals surface area contributed by atoms with E-state index in [4.69, 9.17) is 4.98 Å². The zero-order valence-corrected chi connectivity index (χ0v) is 26.2. The SMILES string of the molecule is Cc1[nH]c(=O)c(CNC(=O)c2cc(-c3ccc(N4CCN(C)CC4)nc3)c3ccn(CC(C)C)c3c2C)c2c1CCCC2. The summed E-state index contributed by atoms with van der Waals surface area (Å²) in [5, 5.41) is 4.24. The molecule has 0 atom stereocenters. The maximum Gasteiger partial charge on any atom is 0.253 e. The van der Waals surface area contributed by atoms with E-state index >= 15 is 0 Å². The summed E-state index contributed by atoms with van der Waals surface area (Å²) in [7, 11) is 2.16. The van der Waals surface area contributed by atoms with Crippen LogP contribution < -0.4 is 15.8 Å². The predicted octanol–water partition coefficient (Wildman–Crippen LogP) is 5.23. The largest absolute Gasteiger partial charge is 0.354 e. The van der Waals surface area contributed by atoms with Gasteiger partial charge in [0.15, 0.2) is 0 Å². The van der Waals surface area contributed by atoms with Crippen molar-refractivity contribution in [2.24, 2.45) is 5.92 Å². The Hall–Kier alpha value is -3.91. The van der Waals surface area contributed by atoms with Crippen LogP contribution in [0.4, 0.5) is 5.82 Å². The highest BCUT2D eigenvalue weighted by atomic mass is 16.1. The van der Waals surface area contributed by atoms with Crippen molar-refractivity contribution in [3.63, 3.8) is 0 Å². The molecule has 1 saturated heterocycles. The molecule has 4 heterocycles. The maximum absolute atomic E-state index is 13.9. The van der Waals surface area contributed by atoms with E-state index < -0.39 is 0 Å². The molecule has 0 radical (unpaired) electrons. The van der Waals surface area contributed by atoms with Crippen LogP contribution in [-0.2, 0) is 25.9 Å². The van der Waals surface area contributed by atoms with E-state index in [0.29, 0.717) is 17.0 Å². The number of aromatic amines is 1. The molecule has 8 heteroatoms. The number of pyridine rings is 2. The van der Waals surface area contributed by atoms with Gasteiger partial charge in [-0.15, -0.1) is 0 Å². The molecule has 4 aromatic rings. The van der Waals surface area contributed by atoms with E-state index in [1.165, 1.54) is 5.56 Å². The number of carbonyl (C=O) groups is 1. The summed E-state index contributed by atoms with van der Waals surface area (Å²) in [6.07, 6.45) is 8.15. The lowest BCUT2D eigenvalue weighted by atomic mass is 9.88. The minimum atomic E-state index is -0.163. The van der Waals surface area contributed by atoms with Crippen LogP contribution in [0.1, 0.15) is 65.0 Å². The number of fused-ring (bicyclic) bond motifs is 2. The lowest BCUT2D eigenvalue weighted by Crippen LogP contribution is -2.44. The fourth-order valence-electron chi connectivity index (χ4n) is 6.91. The van der Waals surface area contributed by atoms with Crippen molar-refractivity contribution in [2.45, 2.75) is 66.5 Å². The number of rotatable bonds is 7. The Morgan fingerprint density at radius 2 is 1.79 bits per heavy atom. The Bertz CT molecular complexity index is 1710. The topological polar surface area (TPSA) is 86.3 Å². The van der Waals surface area contributed by atoms with Crippen LogP contribution in [0.3, 0.4) is 0 Å². The first-order chi connectivity index (χ1) is 20.7. The van der Waals surface area contributed by atoms with E-state index in [2.05, 4.69) is 70.0 Å². The molecular weight excluding hydrogens is 536 g/mol. The van der Waals surface area contributed by atoms with E-state index in [0.717, 1.165) is 103 Å². The van der Waals surface area contributed by atoms with Crippen LogP contribution >= 0.6 is 0 Å². The average molecular weight is 581 g/mol. The van der Waals surface area contributed by atoms with E-state index in [1.807, 2.05) is 26.1 Å². The highest BCUT2D eigenvalue weighted by Gasteiger charge is 2.23. The van der Waals surface area contributed by atoms with Crippen LogP contribution in [0, 0.1) is 19.8 Å². The Morgan fingerprint density at radius 3 is 2.49 bits per heavy atom. The number of nitrogens with one attached hydrogen (secondary N) is 2. The number of piperazine rings is 1.